The van der Waals surface area contributed by atoms with Gasteiger partial charge in [0.2, 0.25) is 0 Å². The van der Waals surface area contributed by atoms with Crippen molar-refractivity contribution in [3.8, 4) is 11.5 Å². The molecule has 2 rings (SSSR count). The summed E-state index contributed by atoms with van der Waals surface area (Å²) in [5.74, 6) is 3.28. The number of halogens is 1. The highest BCUT2D eigenvalue weighted by Gasteiger charge is 2.20. The molecule has 0 aliphatic carbocycles. The molecule has 0 spiro atoms. The number of benzene rings is 1. The number of nitrogens with zero attached hydrogens (tertiary/aromatic N) is 2. The summed E-state index contributed by atoms with van der Waals surface area (Å²) in [7, 11) is 3.26. The molecule has 0 aromatic heterocycles. The number of piperidine rings is 1. The highest BCUT2D eigenvalue weighted by Crippen LogP contribution is 2.27. The molecule has 154 valence electrons. The predicted molar refractivity (Wildman–Crippen MR) is 122 cm³/mol. The summed E-state index contributed by atoms with van der Waals surface area (Å²) in [6, 6.07) is 5.79. The van der Waals surface area contributed by atoms with Gasteiger partial charge in [-0.05, 0) is 48.9 Å². The zero-order valence-corrected chi connectivity index (χ0v) is 19.4. The Balaban J connectivity index is 0.00000364. The summed E-state index contributed by atoms with van der Waals surface area (Å²) in [5.41, 5.74) is 7.09. The van der Waals surface area contributed by atoms with Crippen LogP contribution in [0.25, 0.3) is 0 Å². The van der Waals surface area contributed by atoms with Crippen molar-refractivity contribution in [1.82, 2.24) is 10.2 Å². The number of likely N-dealkylation sites (tertiary alicyclic amines) is 1. The number of ether oxygens (including phenoxy) is 2. The van der Waals surface area contributed by atoms with Gasteiger partial charge in [0.25, 0.3) is 0 Å². The number of aliphatic imine (C=N–C) groups is 1. The third-order valence-electron chi connectivity index (χ3n) is 4.68. The minimum absolute atomic E-state index is 0. The molecule has 0 bridgehead atoms. The van der Waals surface area contributed by atoms with E-state index < -0.39 is 0 Å². The van der Waals surface area contributed by atoms with Gasteiger partial charge in [0.05, 0.1) is 20.8 Å². The van der Waals surface area contributed by atoms with Crippen molar-refractivity contribution in [3.63, 3.8) is 0 Å². The van der Waals surface area contributed by atoms with Crippen LogP contribution in [-0.4, -0.2) is 51.3 Å². The Morgan fingerprint density at radius 2 is 2.04 bits per heavy atom. The molecule has 1 saturated heterocycles. The number of nitrogens with two attached hydrogens (primary N) is 1. The van der Waals surface area contributed by atoms with Crippen molar-refractivity contribution in [2.45, 2.75) is 33.2 Å². The fourth-order valence-electron chi connectivity index (χ4n) is 3.46. The van der Waals surface area contributed by atoms with Crippen LogP contribution in [0.2, 0.25) is 0 Å². The molecule has 0 saturated carbocycles. The van der Waals surface area contributed by atoms with E-state index in [0.717, 1.165) is 30.3 Å². The van der Waals surface area contributed by atoms with Gasteiger partial charge in [-0.1, -0.05) is 19.9 Å². The van der Waals surface area contributed by atoms with Crippen LogP contribution in [-0.2, 0) is 6.54 Å². The first-order chi connectivity index (χ1) is 12.5. The largest absolute Gasteiger partial charge is 0.493 e. The Morgan fingerprint density at radius 1 is 1.30 bits per heavy atom. The van der Waals surface area contributed by atoms with Crippen molar-refractivity contribution in [2.24, 2.45) is 22.6 Å². The van der Waals surface area contributed by atoms with Crippen molar-refractivity contribution >= 4 is 29.9 Å². The maximum absolute atomic E-state index is 6.05. The van der Waals surface area contributed by atoms with Gasteiger partial charge in [-0.15, -0.1) is 24.0 Å². The second-order valence-corrected chi connectivity index (χ2v) is 7.43. The maximum atomic E-state index is 6.05. The molecule has 1 fully saturated rings. The average Bonchev–Trinajstić information content (AvgIpc) is 2.64. The molecule has 1 aromatic carbocycles. The summed E-state index contributed by atoms with van der Waals surface area (Å²) in [5, 5.41) is 3.29. The summed E-state index contributed by atoms with van der Waals surface area (Å²) >= 11 is 0. The molecule has 1 aliphatic rings. The average molecular weight is 490 g/mol. The molecule has 1 aromatic rings. The van der Waals surface area contributed by atoms with Crippen molar-refractivity contribution in [1.29, 1.82) is 0 Å². The lowest BCUT2D eigenvalue weighted by Crippen LogP contribution is -2.43. The molecule has 0 radical (unpaired) electrons. The molecule has 0 amide bonds. The molecule has 6 nitrogen and oxygen atoms in total. The second-order valence-electron chi connectivity index (χ2n) is 7.43. The van der Waals surface area contributed by atoms with Gasteiger partial charge in [-0.25, -0.2) is 4.99 Å². The highest BCUT2D eigenvalue weighted by molar-refractivity contribution is 14.0. The van der Waals surface area contributed by atoms with E-state index in [0.29, 0.717) is 24.2 Å². The van der Waals surface area contributed by atoms with Gasteiger partial charge in [-0.3, -0.25) is 0 Å². The highest BCUT2D eigenvalue weighted by atomic mass is 127. The van der Waals surface area contributed by atoms with E-state index in [1.54, 1.807) is 14.2 Å². The van der Waals surface area contributed by atoms with Gasteiger partial charge >= 0.3 is 0 Å². The molecule has 1 aliphatic heterocycles. The monoisotopic (exact) mass is 490 g/mol. The molecule has 1 heterocycles. The topological polar surface area (TPSA) is 72.1 Å². The third-order valence-corrected chi connectivity index (χ3v) is 4.68. The van der Waals surface area contributed by atoms with Crippen LogP contribution in [0.5, 0.6) is 11.5 Å². The normalized spacial score (nSPS) is 18.1. The van der Waals surface area contributed by atoms with E-state index in [1.807, 2.05) is 18.2 Å². The van der Waals surface area contributed by atoms with Gasteiger partial charge in [0.1, 0.15) is 0 Å². The minimum Gasteiger partial charge on any atom is -0.493 e. The number of hydrogen-bond acceptors (Lipinski definition) is 4. The number of nitrogens with one attached hydrogen (secondary N) is 1. The van der Waals surface area contributed by atoms with Crippen molar-refractivity contribution in [2.75, 3.05) is 40.4 Å². The van der Waals surface area contributed by atoms with Gasteiger partial charge < -0.3 is 25.4 Å². The summed E-state index contributed by atoms with van der Waals surface area (Å²) in [4.78, 5) is 7.02. The van der Waals surface area contributed by atoms with Crippen LogP contribution in [0, 0.1) is 11.8 Å². The zero-order chi connectivity index (χ0) is 18.9. The van der Waals surface area contributed by atoms with Crippen LogP contribution in [0.4, 0.5) is 0 Å². The summed E-state index contributed by atoms with van der Waals surface area (Å²) < 4.78 is 10.6. The number of guanidine groups is 1. The Morgan fingerprint density at radius 3 is 2.70 bits per heavy atom. The first-order valence-electron chi connectivity index (χ1n) is 9.48. The molecular formula is C20H35IN4O2. The SMILES string of the molecule is COc1ccc(CN=C(N)NCC2CCCN(CC(C)C)C2)cc1OC.I. The quantitative estimate of drug-likeness (QED) is 0.333. The standard InChI is InChI=1S/C20H34N4O2.HI/c1-15(2)13-24-9-5-6-17(14-24)12-23-20(21)22-11-16-7-8-18(25-3)19(10-16)26-4;/h7-8,10,15,17H,5-6,9,11-14H2,1-4H3,(H3,21,22,23);1H. The lowest BCUT2D eigenvalue weighted by molar-refractivity contribution is 0.159. The number of rotatable bonds is 8. The van der Waals surface area contributed by atoms with Crippen molar-refractivity contribution in [3.05, 3.63) is 23.8 Å². The van der Waals surface area contributed by atoms with E-state index in [-0.39, 0.29) is 24.0 Å². The smallest absolute Gasteiger partial charge is 0.188 e. The fourth-order valence-corrected chi connectivity index (χ4v) is 3.46. The number of methoxy groups -OCH3 is 2. The molecule has 7 heteroatoms. The number of hydrogen-bond donors (Lipinski definition) is 2. The van der Waals surface area contributed by atoms with E-state index in [9.17, 15) is 0 Å². The van der Waals surface area contributed by atoms with Crippen LogP contribution in [0.3, 0.4) is 0 Å². The van der Waals surface area contributed by atoms with Crippen LogP contribution in [0.1, 0.15) is 32.3 Å². The van der Waals surface area contributed by atoms with Crippen LogP contribution in [0.15, 0.2) is 23.2 Å². The third kappa shape index (κ3) is 8.13. The molecule has 1 atom stereocenters. The van der Waals surface area contributed by atoms with Crippen LogP contribution >= 0.6 is 24.0 Å². The van der Waals surface area contributed by atoms with Crippen LogP contribution < -0.4 is 20.5 Å². The van der Waals surface area contributed by atoms with E-state index in [1.165, 1.54) is 25.9 Å². The Kier molecular flexibility index (Phi) is 10.8. The molecule has 27 heavy (non-hydrogen) atoms. The molecule has 3 N–H and O–H groups in total. The first-order valence-corrected chi connectivity index (χ1v) is 9.48. The Labute approximate surface area is 180 Å². The predicted octanol–water partition coefficient (Wildman–Crippen LogP) is 3.09. The minimum atomic E-state index is 0. The molecule has 1 unspecified atom stereocenters. The lowest BCUT2D eigenvalue weighted by atomic mass is 9.97. The van der Waals surface area contributed by atoms with E-state index in [4.69, 9.17) is 15.2 Å². The molecular weight excluding hydrogens is 455 g/mol. The Hall–Kier alpha value is -1.22. The second kappa shape index (κ2) is 12.3. The summed E-state index contributed by atoms with van der Waals surface area (Å²) in [6.07, 6.45) is 2.52. The van der Waals surface area contributed by atoms with E-state index in [2.05, 4.69) is 29.1 Å². The van der Waals surface area contributed by atoms with Gasteiger partial charge in [0.15, 0.2) is 17.5 Å². The Bertz CT molecular complexity index is 595. The van der Waals surface area contributed by atoms with Gasteiger partial charge in [-0.2, -0.15) is 0 Å². The van der Waals surface area contributed by atoms with Gasteiger partial charge in [0, 0.05) is 19.6 Å². The van der Waals surface area contributed by atoms with Crippen molar-refractivity contribution < 1.29 is 9.47 Å². The van der Waals surface area contributed by atoms with E-state index >= 15 is 0 Å². The summed E-state index contributed by atoms with van der Waals surface area (Å²) in [6.45, 7) is 9.51. The maximum Gasteiger partial charge on any atom is 0.188 e. The first kappa shape index (κ1) is 23.8. The zero-order valence-electron chi connectivity index (χ0n) is 17.0. The fraction of sp³-hybridized carbons (Fsp3) is 0.650. The lowest BCUT2D eigenvalue weighted by Gasteiger charge is -2.33.